The molecule has 1 aromatic carbocycles. The molecule has 0 radical (unpaired) electrons. The van der Waals surface area contributed by atoms with E-state index in [1.54, 1.807) is 4.57 Å². The quantitative estimate of drug-likeness (QED) is 0.896. The van der Waals surface area contributed by atoms with Crippen molar-refractivity contribution in [3.63, 3.8) is 0 Å². The summed E-state index contributed by atoms with van der Waals surface area (Å²) in [6, 6.07) is 5.39. The van der Waals surface area contributed by atoms with E-state index in [1.807, 2.05) is 6.07 Å². The van der Waals surface area contributed by atoms with Crippen LogP contribution >= 0.6 is 0 Å². The number of carboxylic acid groups (broad SMARTS) is 1. The molecule has 2 aromatic rings. The molecule has 1 aromatic heterocycles. The van der Waals surface area contributed by atoms with E-state index >= 15 is 0 Å². The molecule has 0 saturated carbocycles. The van der Waals surface area contributed by atoms with Gasteiger partial charge in [-0.3, -0.25) is 4.79 Å². The van der Waals surface area contributed by atoms with Crippen molar-refractivity contribution in [3.8, 4) is 6.07 Å². The fourth-order valence-corrected chi connectivity index (χ4v) is 2.98. The molecule has 3 rings (SSSR count). The third kappa shape index (κ3) is 2.14. The van der Waals surface area contributed by atoms with Gasteiger partial charge in [-0.2, -0.15) is 5.26 Å². The van der Waals surface area contributed by atoms with Crippen LogP contribution in [-0.2, 0) is 10.4 Å². The van der Waals surface area contributed by atoms with Crippen molar-refractivity contribution in [2.45, 2.75) is 24.5 Å². The second-order valence-electron chi connectivity index (χ2n) is 5.36. The zero-order valence-electron chi connectivity index (χ0n) is 11.4. The number of carboxylic acids is 1. The van der Waals surface area contributed by atoms with Gasteiger partial charge in [0.05, 0.1) is 42.3 Å². The average molecular weight is 301 g/mol. The molecule has 0 amide bonds. The molecule has 0 unspecified atom stereocenters. The molecule has 6 nitrogen and oxygen atoms in total. The summed E-state index contributed by atoms with van der Waals surface area (Å²) in [5.41, 5.74) is -0.748. The van der Waals surface area contributed by atoms with Gasteiger partial charge in [-0.1, -0.05) is 6.07 Å². The number of hydrogen-bond donors (Lipinski definition) is 2. The van der Waals surface area contributed by atoms with Gasteiger partial charge in [-0.25, -0.2) is 9.37 Å². The first-order valence-electron chi connectivity index (χ1n) is 6.60. The fourth-order valence-electron chi connectivity index (χ4n) is 2.98. The van der Waals surface area contributed by atoms with Crippen LogP contribution in [0.3, 0.4) is 0 Å². The lowest BCUT2D eigenvalue weighted by Crippen LogP contribution is -2.26. The Bertz CT molecular complexity index is 796. The van der Waals surface area contributed by atoms with Crippen molar-refractivity contribution in [2.24, 2.45) is 0 Å². The van der Waals surface area contributed by atoms with Crippen LogP contribution in [0.5, 0.6) is 0 Å². The summed E-state index contributed by atoms with van der Waals surface area (Å²) in [5, 5.41) is 28.4. The third-order valence-corrected chi connectivity index (χ3v) is 3.94. The summed E-state index contributed by atoms with van der Waals surface area (Å²) in [7, 11) is 0. The maximum atomic E-state index is 14.2. The summed E-state index contributed by atoms with van der Waals surface area (Å²) in [6.45, 7) is 0. The normalized spacial score (nSPS) is 23.0. The number of imidazole rings is 1. The van der Waals surface area contributed by atoms with Gasteiger partial charge in [0.15, 0.2) is 0 Å². The Morgan fingerprint density at radius 3 is 3.00 bits per heavy atom. The van der Waals surface area contributed by atoms with E-state index in [9.17, 15) is 14.3 Å². The molecule has 0 fully saturated rings. The highest BCUT2D eigenvalue weighted by molar-refractivity contribution is 5.68. The van der Waals surface area contributed by atoms with Crippen molar-refractivity contribution < 1.29 is 19.4 Å². The smallest absolute Gasteiger partial charge is 0.306 e. The second kappa shape index (κ2) is 4.93. The highest BCUT2D eigenvalue weighted by atomic mass is 19.1. The second-order valence-corrected chi connectivity index (χ2v) is 5.36. The van der Waals surface area contributed by atoms with Gasteiger partial charge in [0, 0.05) is 12.0 Å². The minimum Gasteiger partial charge on any atom is -0.481 e. The lowest BCUT2D eigenvalue weighted by Gasteiger charge is -2.20. The topological polar surface area (TPSA) is 99.1 Å². The molecule has 1 aliphatic rings. The number of hydrogen-bond acceptors (Lipinski definition) is 4. The Kier molecular flexibility index (Phi) is 3.19. The summed E-state index contributed by atoms with van der Waals surface area (Å²) in [4.78, 5) is 14.9. The number of fused-ring (bicyclic) bond motifs is 1. The van der Waals surface area contributed by atoms with Crippen LogP contribution in [0, 0.1) is 17.1 Å². The maximum Gasteiger partial charge on any atom is 0.306 e. The molecule has 2 atom stereocenters. The number of nitriles is 1. The SMILES string of the molecule is N#Cc1ccc([C@H]2C[C@](O)(CC(=O)O)c3cncn32)c(F)c1. The lowest BCUT2D eigenvalue weighted by atomic mass is 9.90. The van der Waals surface area contributed by atoms with E-state index in [0.717, 1.165) is 6.07 Å². The number of aliphatic carboxylic acids is 1. The van der Waals surface area contributed by atoms with E-state index < -0.39 is 29.9 Å². The van der Waals surface area contributed by atoms with Gasteiger partial charge in [-0.15, -0.1) is 0 Å². The predicted octanol–water partition coefficient (Wildman–Crippen LogP) is 1.55. The number of rotatable bonds is 3. The minimum atomic E-state index is -1.59. The van der Waals surface area contributed by atoms with Crippen LogP contribution in [-0.4, -0.2) is 25.7 Å². The van der Waals surface area contributed by atoms with Gasteiger partial charge >= 0.3 is 5.97 Å². The molecule has 0 aliphatic carbocycles. The Hall–Kier alpha value is -2.72. The highest BCUT2D eigenvalue weighted by Crippen LogP contribution is 2.45. The summed E-state index contributed by atoms with van der Waals surface area (Å²) >= 11 is 0. The molecule has 0 saturated heterocycles. The van der Waals surface area contributed by atoms with Crippen LogP contribution < -0.4 is 0 Å². The minimum absolute atomic E-state index is 0.0416. The van der Waals surface area contributed by atoms with Crippen molar-refractivity contribution >= 4 is 5.97 Å². The summed E-state index contributed by atoms with van der Waals surface area (Å²) < 4.78 is 15.8. The monoisotopic (exact) mass is 301 g/mol. The molecule has 112 valence electrons. The highest BCUT2D eigenvalue weighted by Gasteiger charge is 2.45. The summed E-state index contributed by atoms with van der Waals surface area (Å²) in [5.74, 6) is -1.71. The first-order valence-corrected chi connectivity index (χ1v) is 6.60. The van der Waals surface area contributed by atoms with Crippen molar-refractivity contribution in [1.29, 1.82) is 5.26 Å². The zero-order chi connectivity index (χ0) is 15.9. The average Bonchev–Trinajstić information content (AvgIpc) is 3.02. The van der Waals surface area contributed by atoms with E-state index in [1.165, 1.54) is 24.7 Å². The molecule has 0 bridgehead atoms. The Labute approximate surface area is 125 Å². The van der Waals surface area contributed by atoms with E-state index in [4.69, 9.17) is 10.4 Å². The molecular formula is C15H12FN3O3. The fraction of sp³-hybridized carbons (Fsp3) is 0.267. The summed E-state index contributed by atoms with van der Waals surface area (Å²) in [6.07, 6.45) is 2.40. The van der Waals surface area contributed by atoms with E-state index in [-0.39, 0.29) is 12.0 Å². The van der Waals surface area contributed by atoms with Crippen molar-refractivity contribution in [1.82, 2.24) is 9.55 Å². The molecular weight excluding hydrogens is 289 g/mol. The molecule has 2 heterocycles. The lowest BCUT2D eigenvalue weighted by molar-refractivity contribution is -0.143. The third-order valence-electron chi connectivity index (χ3n) is 3.94. The Balaban J connectivity index is 2.05. The van der Waals surface area contributed by atoms with Crippen LogP contribution in [0.1, 0.15) is 35.7 Å². The number of benzene rings is 1. The molecule has 1 aliphatic heterocycles. The zero-order valence-corrected chi connectivity index (χ0v) is 11.4. The van der Waals surface area contributed by atoms with Crippen LogP contribution in [0.2, 0.25) is 0 Å². The number of carbonyl (C=O) groups is 1. The standard InChI is InChI=1S/C15H12FN3O3/c16-11-3-9(6-17)1-2-10(11)12-4-15(22,5-14(20)21)13-7-18-8-19(12)13/h1-3,7-8,12,22H,4-5H2,(H,20,21)/t12-,15+/m1/s1. The first-order chi connectivity index (χ1) is 10.4. The van der Waals surface area contributed by atoms with Gasteiger partial charge in [0.2, 0.25) is 0 Å². The van der Waals surface area contributed by atoms with E-state index in [0.29, 0.717) is 11.3 Å². The molecule has 22 heavy (non-hydrogen) atoms. The first kappa shape index (κ1) is 14.2. The molecule has 7 heteroatoms. The molecule has 2 N–H and O–H groups in total. The van der Waals surface area contributed by atoms with Crippen LogP contribution in [0.4, 0.5) is 4.39 Å². The number of aromatic nitrogens is 2. The van der Waals surface area contributed by atoms with Gasteiger partial charge < -0.3 is 14.8 Å². The number of aliphatic hydroxyl groups is 1. The predicted molar refractivity (Wildman–Crippen MR) is 72.2 cm³/mol. The van der Waals surface area contributed by atoms with E-state index in [2.05, 4.69) is 4.98 Å². The van der Waals surface area contributed by atoms with Gasteiger partial charge in [0.25, 0.3) is 0 Å². The Morgan fingerprint density at radius 1 is 1.59 bits per heavy atom. The number of nitrogens with zero attached hydrogens (tertiary/aromatic N) is 3. The molecule has 0 spiro atoms. The largest absolute Gasteiger partial charge is 0.481 e. The van der Waals surface area contributed by atoms with Gasteiger partial charge in [-0.05, 0) is 12.1 Å². The van der Waals surface area contributed by atoms with Crippen molar-refractivity contribution in [3.05, 3.63) is 53.4 Å². The maximum absolute atomic E-state index is 14.2. The van der Waals surface area contributed by atoms with Crippen LogP contribution in [0.25, 0.3) is 0 Å². The van der Waals surface area contributed by atoms with Crippen LogP contribution in [0.15, 0.2) is 30.7 Å². The van der Waals surface area contributed by atoms with Gasteiger partial charge in [0.1, 0.15) is 11.4 Å². The number of halogens is 1. The van der Waals surface area contributed by atoms with Crippen molar-refractivity contribution in [2.75, 3.05) is 0 Å². The Morgan fingerprint density at radius 2 is 2.36 bits per heavy atom.